The molecule has 1 aliphatic heterocycles. The van der Waals surface area contributed by atoms with Gasteiger partial charge in [0.25, 0.3) is 0 Å². The van der Waals surface area contributed by atoms with E-state index in [0.717, 1.165) is 11.4 Å². The van der Waals surface area contributed by atoms with Gasteiger partial charge in [0.05, 0.1) is 0 Å². The lowest BCUT2D eigenvalue weighted by Crippen LogP contribution is -2.14. The van der Waals surface area contributed by atoms with Crippen molar-refractivity contribution in [1.29, 1.82) is 0 Å². The smallest absolute Gasteiger partial charge is 0.231 e. The number of nitrogens with one attached hydrogen (secondary N) is 1. The Morgan fingerprint density at radius 1 is 1.21 bits per heavy atom. The third-order valence-electron chi connectivity index (χ3n) is 2.57. The van der Waals surface area contributed by atoms with Crippen LogP contribution >= 0.6 is 12.2 Å². The maximum Gasteiger partial charge on any atom is 0.231 e. The highest BCUT2D eigenvalue weighted by Crippen LogP contribution is 2.35. The summed E-state index contributed by atoms with van der Waals surface area (Å²) < 4.78 is 10.6. The lowest BCUT2D eigenvalue weighted by molar-refractivity contribution is 0.174. The van der Waals surface area contributed by atoms with Crippen molar-refractivity contribution in [3.8, 4) is 11.5 Å². The molecule has 2 aromatic rings. The summed E-state index contributed by atoms with van der Waals surface area (Å²) in [5.41, 5.74) is 6.85. The van der Waals surface area contributed by atoms with Gasteiger partial charge >= 0.3 is 0 Å². The molecule has 1 aromatic heterocycles. The summed E-state index contributed by atoms with van der Waals surface area (Å²) in [5, 5.41) is 3.11. The normalized spacial score (nSPS) is 12.2. The van der Waals surface area contributed by atoms with Gasteiger partial charge in [0.2, 0.25) is 6.79 Å². The van der Waals surface area contributed by atoms with Crippen LogP contribution < -0.4 is 20.5 Å². The van der Waals surface area contributed by atoms with Crippen molar-refractivity contribution >= 4 is 28.7 Å². The number of nitrogens with zero attached hydrogens (tertiary/aromatic N) is 2. The van der Waals surface area contributed by atoms with E-state index in [0.29, 0.717) is 17.3 Å². The van der Waals surface area contributed by atoms with Crippen molar-refractivity contribution in [2.24, 2.45) is 5.73 Å². The van der Waals surface area contributed by atoms with Gasteiger partial charge < -0.3 is 20.5 Å². The van der Waals surface area contributed by atoms with Gasteiger partial charge in [-0.2, -0.15) is 0 Å². The molecule has 0 spiro atoms. The van der Waals surface area contributed by atoms with E-state index in [1.807, 2.05) is 18.2 Å². The summed E-state index contributed by atoms with van der Waals surface area (Å²) in [6.45, 7) is 0.238. The summed E-state index contributed by atoms with van der Waals surface area (Å²) in [6.07, 6.45) is 3.11. The molecule has 0 bridgehead atoms. The fourth-order valence-corrected chi connectivity index (χ4v) is 1.87. The Balaban J connectivity index is 1.91. The van der Waals surface area contributed by atoms with Crippen molar-refractivity contribution in [3.63, 3.8) is 0 Å². The second kappa shape index (κ2) is 4.69. The summed E-state index contributed by atoms with van der Waals surface area (Å²) in [6, 6.07) is 5.49. The van der Waals surface area contributed by atoms with Crippen LogP contribution in [0.5, 0.6) is 11.5 Å². The second-order valence-electron chi connectivity index (χ2n) is 3.81. The fourth-order valence-electron chi connectivity index (χ4n) is 1.72. The minimum atomic E-state index is 0.191. The zero-order valence-corrected chi connectivity index (χ0v) is 10.6. The van der Waals surface area contributed by atoms with Crippen molar-refractivity contribution in [2.45, 2.75) is 0 Å². The van der Waals surface area contributed by atoms with E-state index in [1.165, 1.54) is 0 Å². The Bertz CT molecular complexity index is 647. The Labute approximate surface area is 114 Å². The molecule has 3 rings (SSSR count). The Morgan fingerprint density at radius 3 is 2.84 bits per heavy atom. The average molecular weight is 274 g/mol. The molecule has 3 N–H and O–H groups in total. The predicted octanol–water partition coefficient (Wildman–Crippen LogP) is 1.58. The largest absolute Gasteiger partial charge is 0.454 e. The lowest BCUT2D eigenvalue weighted by atomic mass is 10.2. The van der Waals surface area contributed by atoms with Crippen LogP contribution in [0.1, 0.15) is 5.69 Å². The number of ether oxygens (including phenoxy) is 2. The molecule has 2 heterocycles. The number of nitrogens with two attached hydrogens (primary N) is 1. The molecule has 1 aliphatic rings. The third kappa shape index (κ3) is 2.27. The third-order valence-corrected chi connectivity index (χ3v) is 2.76. The van der Waals surface area contributed by atoms with Crippen LogP contribution in [0.3, 0.4) is 0 Å². The molecule has 0 saturated heterocycles. The molecular weight excluding hydrogens is 264 g/mol. The highest BCUT2D eigenvalue weighted by molar-refractivity contribution is 7.80. The van der Waals surface area contributed by atoms with Gasteiger partial charge in [-0.3, -0.25) is 0 Å². The standard InChI is InChI=1S/C12H10N4O2S/c13-11(19)10-12(15-4-3-14-10)16-7-1-2-8-9(5-7)18-6-17-8/h1-5H,6H2,(H2,13,19)(H,15,16). The predicted molar refractivity (Wildman–Crippen MR) is 73.8 cm³/mol. The van der Waals surface area contributed by atoms with Crippen LogP contribution in [0.25, 0.3) is 0 Å². The molecule has 96 valence electrons. The fraction of sp³-hybridized carbons (Fsp3) is 0.0833. The molecule has 6 nitrogen and oxygen atoms in total. The number of anilines is 2. The number of hydrogen-bond acceptors (Lipinski definition) is 6. The van der Waals surface area contributed by atoms with Gasteiger partial charge in [-0.1, -0.05) is 12.2 Å². The van der Waals surface area contributed by atoms with E-state index >= 15 is 0 Å². The molecule has 0 aliphatic carbocycles. The van der Waals surface area contributed by atoms with E-state index in [4.69, 9.17) is 27.4 Å². The maximum atomic E-state index is 5.60. The van der Waals surface area contributed by atoms with Gasteiger partial charge in [0.1, 0.15) is 10.7 Å². The molecule has 7 heteroatoms. The highest BCUT2D eigenvalue weighted by atomic mass is 32.1. The molecule has 0 amide bonds. The van der Waals surface area contributed by atoms with Crippen LogP contribution in [-0.2, 0) is 0 Å². The van der Waals surface area contributed by atoms with Gasteiger partial charge in [-0.05, 0) is 12.1 Å². The number of thiocarbonyl (C=S) groups is 1. The van der Waals surface area contributed by atoms with E-state index in [9.17, 15) is 0 Å². The first kappa shape index (κ1) is 11.7. The Hall–Kier alpha value is -2.41. The first-order chi connectivity index (χ1) is 9.24. The summed E-state index contributed by atoms with van der Waals surface area (Å²) in [4.78, 5) is 8.47. The van der Waals surface area contributed by atoms with Crippen LogP contribution in [0.2, 0.25) is 0 Å². The SMILES string of the molecule is NC(=S)c1nccnc1Nc1ccc2c(c1)OCO2. The van der Waals surface area contributed by atoms with Crippen LogP contribution in [0.4, 0.5) is 11.5 Å². The van der Waals surface area contributed by atoms with Crippen molar-refractivity contribution in [2.75, 3.05) is 12.1 Å². The van der Waals surface area contributed by atoms with E-state index < -0.39 is 0 Å². The van der Waals surface area contributed by atoms with Crippen molar-refractivity contribution in [1.82, 2.24) is 9.97 Å². The molecule has 0 saturated carbocycles. The van der Waals surface area contributed by atoms with Gasteiger partial charge in [-0.15, -0.1) is 0 Å². The Kier molecular flexibility index (Phi) is 2.88. The molecule has 0 radical (unpaired) electrons. The monoisotopic (exact) mass is 274 g/mol. The topological polar surface area (TPSA) is 82.3 Å². The highest BCUT2D eigenvalue weighted by Gasteiger charge is 2.14. The summed E-state index contributed by atoms with van der Waals surface area (Å²) in [5.74, 6) is 1.92. The first-order valence-electron chi connectivity index (χ1n) is 5.51. The van der Waals surface area contributed by atoms with Crippen LogP contribution in [0.15, 0.2) is 30.6 Å². The summed E-state index contributed by atoms with van der Waals surface area (Å²) >= 11 is 4.94. The number of benzene rings is 1. The van der Waals surface area contributed by atoms with Gasteiger partial charge in [0, 0.05) is 24.1 Å². The first-order valence-corrected chi connectivity index (χ1v) is 5.92. The molecule has 1 aromatic carbocycles. The molecule has 0 fully saturated rings. The van der Waals surface area contributed by atoms with Crippen molar-refractivity contribution in [3.05, 3.63) is 36.3 Å². The van der Waals surface area contributed by atoms with Crippen LogP contribution in [-0.4, -0.2) is 21.7 Å². The molecule has 19 heavy (non-hydrogen) atoms. The Morgan fingerprint density at radius 2 is 2.00 bits per heavy atom. The van der Waals surface area contributed by atoms with Crippen LogP contribution in [0, 0.1) is 0 Å². The maximum absolute atomic E-state index is 5.60. The zero-order valence-electron chi connectivity index (χ0n) is 9.79. The number of rotatable bonds is 3. The van der Waals surface area contributed by atoms with Gasteiger partial charge in [-0.25, -0.2) is 9.97 Å². The molecule has 0 unspecified atom stereocenters. The molecule has 0 atom stereocenters. The van der Waals surface area contributed by atoms with E-state index in [2.05, 4.69) is 15.3 Å². The minimum absolute atomic E-state index is 0.191. The van der Waals surface area contributed by atoms with Crippen molar-refractivity contribution < 1.29 is 9.47 Å². The van der Waals surface area contributed by atoms with E-state index in [-0.39, 0.29) is 11.8 Å². The number of hydrogen-bond donors (Lipinski definition) is 2. The van der Waals surface area contributed by atoms with Gasteiger partial charge in [0.15, 0.2) is 17.3 Å². The average Bonchev–Trinajstić information content (AvgIpc) is 2.86. The second-order valence-corrected chi connectivity index (χ2v) is 4.25. The lowest BCUT2D eigenvalue weighted by Gasteiger charge is -2.09. The number of aromatic nitrogens is 2. The minimum Gasteiger partial charge on any atom is -0.454 e. The molecular formula is C12H10N4O2S. The summed E-state index contributed by atoms with van der Waals surface area (Å²) in [7, 11) is 0. The quantitative estimate of drug-likeness (QED) is 0.822. The zero-order chi connectivity index (χ0) is 13.2. The van der Waals surface area contributed by atoms with E-state index in [1.54, 1.807) is 12.4 Å². The number of fused-ring (bicyclic) bond motifs is 1.